The lowest BCUT2D eigenvalue weighted by Crippen LogP contribution is -2.23. The number of hydrogen-bond acceptors (Lipinski definition) is 4. The topological polar surface area (TPSA) is 71.3 Å². The Kier molecular flexibility index (Phi) is 6.42. The van der Waals surface area contributed by atoms with Crippen molar-refractivity contribution >= 4 is 35.3 Å². The van der Waals surface area contributed by atoms with Gasteiger partial charge in [0.15, 0.2) is 11.8 Å². The molecule has 0 radical (unpaired) electrons. The molecule has 2 heterocycles. The number of carbonyl (C=O) groups excluding carboxylic acids is 2. The van der Waals surface area contributed by atoms with Crippen LogP contribution in [0.4, 0.5) is 10.1 Å². The minimum atomic E-state index is -0.560. The number of anilines is 1. The molecule has 1 aromatic heterocycles. The molecule has 0 saturated heterocycles. The van der Waals surface area contributed by atoms with Gasteiger partial charge >= 0.3 is 5.91 Å². The van der Waals surface area contributed by atoms with Gasteiger partial charge in [0, 0.05) is 34.0 Å². The molecule has 0 bridgehead atoms. The molecule has 0 saturated carbocycles. The summed E-state index contributed by atoms with van der Waals surface area (Å²) in [5, 5.41) is 3.09. The Balaban J connectivity index is 1.55. The minimum absolute atomic E-state index is 0.0127. The van der Waals surface area contributed by atoms with Gasteiger partial charge in [0.2, 0.25) is 5.88 Å². The van der Waals surface area contributed by atoms with Crippen molar-refractivity contribution in [2.75, 3.05) is 19.5 Å². The van der Waals surface area contributed by atoms with E-state index in [-0.39, 0.29) is 11.1 Å². The average molecular weight is 519 g/mol. The number of fused-ring (bicyclic) bond motifs is 1. The third-order valence-corrected chi connectivity index (χ3v) is 7.52. The highest BCUT2D eigenvalue weighted by Crippen LogP contribution is 2.44. The van der Waals surface area contributed by atoms with Crippen molar-refractivity contribution in [2.45, 2.75) is 32.6 Å². The average Bonchev–Trinajstić information content (AvgIpc) is 3.42. The molecule has 1 N–H and O–H groups in total. The Hall–Kier alpha value is -3.84. The van der Waals surface area contributed by atoms with Crippen LogP contribution in [0.25, 0.3) is 22.4 Å². The number of nitrogens with one attached hydrogen (secondary N) is 1. The first kappa shape index (κ1) is 24.8. The predicted octanol–water partition coefficient (Wildman–Crippen LogP) is 5.69. The second kappa shape index (κ2) is 9.56. The smallest absolute Gasteiger partial charge is 0.425 e. The van der Waals surface area contributed by atoms with E-state index in [9.17, 15) is 9.59 Å². The fraction of sp³-hybridized carbons (Fsp3) is 0.241. The van der Waals surface area contributed by atoms with Gasteiger partial charge in [-0.2, -0.15) is 4.58 Å². The zero-order valence-corrected chi connectivity index (χ0v) is 21.7. The van der Waals surface area contributed by atoms with Crippen molar-refractivity contribution in [3.8, 4) is 28.3 Å². The number of amides is 2. The molecule has 2 aromatic carbocycles. The molecule has 6 nitrogen and oxygen atoms in total. The van der Waals surface area contributed by atoms with Gasteiger partial charge in [-0.15, -0.1) is 0 Å². The number of nitrogens with zero attached hydrogens (tertiary/aromatic N) is 2. The number of ether oxygens (including phenoxy) is 1. The first-order chi connectivity index (χ1) is 17.7. The Bertz CT molecular complexity index is 1540. The lowest BCUT2D eigenvalue weighted by molar-refractivity contribution is -0.405. The minimum Gasteiger partial charge on any atom is -0.481 e. The van der Waals surface area contributed by atoms with Crippen molar-refractivity contribution < 1.29 is 23.3 Å². The van der Waals surface area contributed by atoms with Crippen molar-refractivity contribution in [1.29, 1.82) is 0 Å². The van der Waals surface area contributed by atoms with Gasteiger partial charge in [-0.1, -0.05) is 36.7 Å². The van der Waals surface area contributed by atoms with Crippen molar-refractivity contribution in [1.82, 2.24) is 4.98 Å². The summed E-state index contributed by atoms with van der Waals surface area (Å²) in [6.45, 7) is 3.87. The number of rotatable bonds is 5. The molecule has 2 aliphatic rings. The molecule has 1 aliphatic heterocycles. The lowest BCUT2D eigenvalue weighted by atomic mass is 9.95. The number of likely N-dealkylation sites (N-methyl/N-ethyl adjacent to an activating group) is 1. The molecule has 1 unspecified atom stereocenters. The lowest BCUT2D eigenvalue weighted by Gasteiger charge is -2.17. The Morgan fingerprint density at radius 1 is 1.24 bits per heavy atom. The molecule has 0 spiro atoms. The first-order valence-electron chi connectivity index (χ1n) is 12.0. The number of aryl methyl sites for hydroxylation is 1. The third-order valence-electron chi connectivity index (χ3n) is 7.11. The van der Waals surface area contributed by atoms with Crippen molar-refractivity contribution in [2.24, 2.45) is 0 Å². The summed E-state index contributed by atoms with van der Waals surface area (Å²) in [5.74, 6) is -0.483. The molecule has 37 heavy (non-hydrogen) atoms. The van der Waals surface area contributed by atoms with Gasteiger partial charge in [0.1, 0.15) is 12.9 Å². The Labute approximate surface area is 219 Å². The zero-order chi connectivity index (χ0) is 26.4. The molecule has 3 aromatic rings. The number of pyridine rings is 1. The zero-order valence-electron chi connectivity index (χ0n) is 21.0. The van der Waals surface area contributed by atoms with Crippen LogP contribution in [-0.4, -0.2) is 41.7 Å². The van der Waals surface area contributed by atoms with Gasteiger partial charge in [0.25, 0.3) is 5.91 Å². The Morgan fingerprint density at radius 2 is 2.00 bits per heavy atom. The SMILES string of the molecule is COc1nc(-c2cccc(-c3c(F)ccc(NC(=O)C4=CC=[N+](C)C4=O)c3C)c2Cl)cc2c1C(C)CC2. The summed E-state index contributed by atoms with van der Waals surface area (Å²) in [6, 6.07) is 10.2. The highest BCUT2D eigenvalue weighted by molar-refractivity contribution is 6.36. The maximum atomic E-state index is 15.2. The number of carbonyl (C=O) groups is 2. The number of allylic oxidation sites excluding steroid dienone is 1. The van der Waals surface area contributed by atoms with E-state index in [2.05, 4.69) is 12.2 Å². The fourth-order valence-electron chi connectivity index (χ4n) is 5.07. The van der Waals surface area contributed by atoms with E-state index >= 15 is 4.39 Å². The first-order valence-corrected chi connectivity index (χ1v) is 12.4. The summed E-state index contributed by atoms with van der Waals surface area (Å²) in [5.41, 5.74) is 5.26. The number of methoxy groups -OCH3 is 1. The van der Waals surface area contributed by atoms with E-state index in [1.165, 1.54) is 34.6 Å². The highest BCUT2D eigenvalue weighted by Gasteiger charge is 2.31. The summed E-state index contributed by atoms with van der Waals surface area (Å²) >= 11 is 6.90. The van der Waals surface area contributed by atoms with E-state index in [0.717, 1.165) is 18.4 Å². The summed E-state index contributed by atoms with van der Waals surface area (Å²) < 4.78 is 22.2. The summed E-state index contributed by atoms with van der Waals surface area (Å²) in [7, 11) is 3.18. The van der Waals surface area contributed by atoms with Gasteiger partial charge in [-0.25, -0.2) is 14.2 Å². The van der Waals surface area contributed by atoms with Crippen LogP contribution >= 0.6 is 11.6 Å². The number of benzene rings is 2. The van der Waals surface area contributed by atoms with E-state index in [4.69, 9.17) is 21.3 Å². The molecule has 188 valence electrons. The van der Waals surface area contributed by atoms with Crippen molar-refractivity contribution in [3.05, 3.63) is 75.6 Å². The highest BCUT2D eigenvalue weighted by atomic mass is 35.5. The number of aromatic nitrogens is 1. The van der Waals surface area contributed by atoms with E-state index in [1.54, 1.807) is 33.2 Å². The van der Waals surface area contributed by atoms with Crippen LogP contribution in [0.3, 0.4) is 0 Å². The molecule has 1 aliphatic carbocycles. The maximum absolute atomic E-state index is 15.2. The second-order valence-electron chi connectivity index (χ2n) is 9.39. The number of hydrogen-bond donors (Lipinski definition) is 1. The van der Waals surface area contributed by atoms with Crippen LogP contribution in [0.15, 0.2) is 48.0 Å². The molecule has 2 amide bonds. The van der Waals surface area contributed by atoms with Gasteiger partial charge in [0.05, 0.1) is 17.8 Å². The van der Waals surface area contributed by atoms with Gasteiger partial charge < -0.3 is 10.1 Å². The molecule has 8 heteroatoms. The molecule has 5 rings (SSSR count). The molecular weight excluding hydrogens is 493 g/mol. The Morgan fingerprint density at radius 3 is 2.70 bits per heavy atom. The fourth-order valence-corrected chi connectivity index (χ4v) is 5.39. The third kappa shape index (κ3) is 4.23. The van der Waals surface area contributed by atoms with Crippen LogP contribution < -0.4 is 10.1 Å². The van der Waals surface area contributed by atoms with Gasteiger partial charge in [-0.05, 0) is 55.0 Å². The van der Waals surface area contributed by atoms with E-state index in [1.807, 2.05) is 12.1 Å². The van der Waals surface area contributed by atoms with Gasteiger partial charge in [-0.3, -0.25) is 4.79 Å². The normalized spacial score (nSPS) is 16.4. The van der Waals surface area contributed by atoms with Crippen LogP contribution in [0.1, 0.15) is 36.0 Å². The summed E-state index contributed by atoms with van der Waals surface area (Å²) in [4.78, 5) is 29.7. The maximum Gasteiger partial charge on any atom is 0.425 e. The standard InChI is InChI=1S/C29H25ClFN3O3/c1-15-8-9-17-14-23(33-28(37-4)24(15)17)18-6-5-7-19(26(18)30)25-16(2)22(11-10-21(25)31)32-27(35)20-12-13-34(3)29(20)36/h5-7,10-15H,8-9H2,1-4H3/p+1. The second-order valence-corrected chi connectivity index (χ2v) is 9.77. The largest absolute Gasteiger partial charge is 0.481 e. The van der Waals surface area contributed by atoms with Crippen LogP contribution in [-0.2, 0) is 16.0 Å². The van der Waals surface area contributed by atoms with Crippen molar-refractivity contribution in [3.63, 3.8) is 0 Å². The predicted molar refractivity (Wildman–Crippen MR) is 142 cm³/mol. The van der Waals surface area contributed by atoms with Crippen LogP contribution in [0.5, 0.6) is 5.88 Å². The molecule has 0 fully saturated rings. The quantitative estimate of drug-likeness (QED) is 0.348. The van der Waals surface area contributed by atoms with Crippen LogP contribution in [0.2, 0.25) is 5.02 Å². The number of halogens is 2. The summed E-state index contributed by atoms with van der Waals surface area (Å²) in [6.07, 6.45) is 4.94. The molecular formula is C29H26ClFN3O3+. The monoisotopic (exact) mass is 518 g/mol. The van der Waals surface area contributed by atoms with E-state index < -0.39 is 17.6 Å². The van der Waals surface area contributed by atoms with Crippen LogP contribution in [0, 0.1) is 12.7 Å². The molecule has 1 atom stereocenters. The van der Waals surface area contributed by atoms with E-state index in [0.29, 0.717) is 44.9 Å².